The number of fused-ring (bicyclic) bond motifs is 1. The summed E-state index contributed by atoms with van der Waals surface area (Å²) in [5.74, 6) is 0.345. The molecule has 0 unspecified atom stereocenters. The first-order valence-corrected chi connectivity index (χ1v) is 9.33. The van der Waals surface area contributed by atoms with E-state index < -0.39 is 5.41 Å². The number of likely N-dealkylation sites (tertiary alicyclic amines) is 1. The van der Waals surface area contributed by atoms with Crippen LogP contribution in [0, 0.1) is 0 Å². The molecule has 1 aromatic rings. The second kappa shape index (κ2) is 6.07. The predicted molar refractivity (Wildman–Crippen MR) is 92.9 cm³/mol. The van der Waals surface area contributed by atoms with Crippen LogP contribution in [0.3, 0.4) is 0 Å². The zero-order chi connectivity index (χ0) is 16.7. The van der Waals surface area contributed by atoms with Gasteiger partial charge < -0.3 is 9.80 Å². The van der Waals surface area contributed by atoms with Gasteiger partial charge in [0.1, 0.15) is 0 Å². The molecule has 0 radical (unpaired) electrons. The third kappa shape index (κ3) is 2.43. The number of hydrogen-bond donors (Lipinski definition) is 0. The number of benzene rings is 1. The van der Waals surface area contributed by atoms with Crippen LogP contribution in [0.4, 0.5) is 0 Å². The molecule has 2 amide bonds. The molecule has 2 atom stereocenters. The lowest BCUT2D eigenvalue weighted by Gasteiger charge is -2.37. The van der Waals surface area contributed by atoms with Gasteiger partial charge in [0.2, 0.25) is 11.8 Å². The molecule has 0 spiro atoms. The van der Waals surface area contributed by atoms with Gasteiger partial charge in [-0.15, -0.1) is 0 Å². The Bertz CT molecular complexity index is 671. The molecule has 0 saturated carbocycles. The number of nitrogens with zero attached hydrogens (tertiary/aromatic N) is 2. The minimum Gasteiger partial charge on any atom is -0.342 e. The van der Waals surface area contributed by atoms with E-state index in [1.807, 2.05) is 34.1 Å². The van der Waals surface area contributed by atoms with E-state index in [-0.39, 0.29) is 17.9 Å². The molecule has 0 bridgehead atoms. The van der Waals surface area contributed by atoms with Gasteiger partial charge in [0.15, 0.2) is 0 Å². The lowest BCUT2D eigenvalue weighted by molar-refractivity contribution is -0.138. The Morgan fingerprint density at radius 3 is 2.62 bits per heavy atom. The van der Waals surface area contributed by atoms with Crippen molar-refractivity contribution in [1.82, 2.24) is 9.80 Å². The monoisotopic (exact) mass is 346 g/mol. The summed E-state index contributed by atoms with van der Waals surface area (Å²) in [6.45, 7) is 2.13. The lowest BCUT2D eigenvalue weighted by atomic mass is 9.76. The number of hydrogen-bond acceptors (Lipinski definition) is 2. The summed E-state index contributed by atoms with van der Waals surface area (Å²) in [7, 11) is 0. The summed E-state index contributed by atoms with van der Waals surface area (Å²) in [6, 6.07) is 7.84. The van der Waals surface area contributed by atoms with Crippen molar-refractivity contribution in [3.05, 3.63) is 34.9 Å². The Balaban J connectivity index is 1.74. The fraction of sp³-hybridized carbons (Fsp3) is 0.579. The number of piperidine rings is 1. The maximum Gasteiger partial charge on any atom is 0.235 e. The van der Waals surface area contributed by atoms with Gasteiger partial charge in [-0.25, -0.2) is 0 Å². The van der Waals surface area contributed by atoms with Gasteiger partial charge in [0, 0.05) is 37.1 Å². The highest BCUT2D eigenvalue weighted by Crippen LogP contribution is 2.46. The normalized spacial score (nSPS) is 29.9. The van der Waals surface area contributed by atoms with Crippen LogP contribution in [-0.2, 0) is 15.0 Å². The minimum atomic E-state index is -0.670. The first kappa shape index (κ1) is 15.9. The van der Waals surface area contributed by atoms with Crippen molar-refractivity contribution >= 4 is 23.4 Å². The fourth-order valence-electron chi connectivity index (χ4n) is 4.69. The largest absolute Gasteiger partial charge is 0.342 e. The first-order chi connectivity index (χ1) is 11.6. The summed E-state index contributed by atoms with van der Waals surface area (Å²) >= 11 is 6.50. The van der Waals surface area contributed by atoms with Crippen molar-refractivity contribution < 1.29 is 9.59 Å². The Kier molecular flexibility index (Phi) is 4.03. The molecule has 1 aromatic carbocycles. The van der Waals surface area contributed by atoms with E-state index in [2.05, 4.69) is 0 Å². The molecule has 3 aliphatic heterocycles. The topological polar surface area (TPSA) is 40.6 Å². The maximum absolute atomic E-state index is 13.5. The van der Waals surface area contributed by atoms with Crippen LogP contribution in [0.25, 0.3) is 0 Å². The van der Waals surface area contributed by atoms with E-state index >= 15 is 0 Å². The molecule has 3 heterocycles. The van der Waals surface area contributed by atoms with E-state index in [0.717, 1.165) is 37.9 Å². The molecular weight excluding hydrogens is 324 g/mol. The maximum atomic E-state index is 13.5. The average molecular weight is 347 g/mol. The van der Waals surface area contributed by atoms with Gasteiger partial charge in [-0.1, -0.05) is 29.8 Å². The standard InChI is InChI=1S/C19H23ClN2O2/c20-16-7-3-2-6-15(16)19(18(24)21-10-4-1-5-11-21)12-14-8-9-17(23)22(14)13-19/h2-3,6-7,14H,1,4-5,8-13H2/t14-,19-/m0/s1. The molecule has 3 aliphatic rings. The van der Waals surface area contributed by atoms with E-state index in [9.17, 15) is 9.59 Å². The van der Waals surface area contributed by atoms with Crippen molar-refractivity contribution in [3.63, 3.8) is 0 Å². The summed E-state index contributed by atoms with van der Waals surface area (Å²) in [4.78, 5) is 29.7. The molecule has 4 rings (SSSR count). The van der Waals surface area contributed by atoms with Gasteiger partial charge >= 0.3 is 0 Å². The number of rotatable bonds is 2. The predicted octanol–water partition coefficient (Wildman–Crippen LogP) is 2.99. The molecule has 0 N–H and O–H groups in total. The molecule has 0 aromatic heterocycles. The van der Waals surface area contributed by atoms with Crippen molar-refractivity contribution in [2.24, 2.45) is 0 Å². The van der Waals surface area contributed by atoms with E-state index in [0.29, 0.717) is 24.4 Å². The fourth-order valence-corrected chi connectivity index (χ4v) is 5.01. The van der Waals surface area contributed by atoms with Gasteiger partial charge in [-0.05, 0) is 43.7 Å². The molecular formula is C19H23ClN2O2. The van der Waals surface area contributed by atoms with E-state index in [1.165, 1.54) is 6.42 Å². The Labute approximate surface area is 147 Å². The van der Waals surface area contributed by atoms with Crippen LogP contribution in [0.1, 0.15) is 44.1 Å². The molecule has 4 nitrogen and oxygen atoms in total. The zero-order valence-electron chi connectivity index (χ0n) is 13.8. The van der Waals surface area contributed by atoms with Crippen LogP contribution in [0.15, 0.2) is 24.3 Å². The van der Waals surface area contributed by atoms with Crippen LogP contribution in [0.2, 0.25) is 5.02 Å². The van der Waals surface area contributed by atoms with Crippen LogP contribution in [0.5, 0.6) is 0 Å². The summed E-state index contributed by atoms with van der Waals surface area (Å²) < 4.78 is 0. The highest BCUT2D eigenvalue weighted by molar-refractivity contribution is 6.31. The number of amides is 2. The average Bonchev–Trinajstić information content (AvgIpc) is 3.15. The molecule has 3 saturated heterocycles. The summed E-state index contributed by atoms with van der Waals surface area (Å²) in [5, 5.41) is 0.636. The van der Waals surface area contributed by atoms with Crippen LogP contribution >= 0.6 is 11.6 Å². The SMILES string of the molecule is O=C1CC[C@H]2C[C@@](C(=O)N3CCCCC3)(c3ccccc3Cl)CN12. The third-order valence-corrected chi connectivity index (χ3v) is 6.25. The molecule has 128 valence electrons. The number of carbonyl (C=O) groups excluding carboxylic acids is 2. The minimum absolute atomic E-state index is 0.164. The highest BCUT2D eigenvalue weighted by atomic mass is 35.5. The smallest absolute Gasteiger partial charge is 0.235 e. The van der Waals surface area contributed by atoms with Crippen molar-refractivity contribution in [2.75, 3.05) is 19.6 Å². The summed E-state index contributed by atoms with van der Waals surface area (Å²) in [5.41, 5.74) is 0.223. The van der Waals surface area contributed by atoms with Gasteiger partial charge in [0.25, 0.3) is 0 Å². The van der Waals surface area contributed by atoms with Gasteiger partial charge in [-0.3, -0.25) is 9.59 Å². The Morgan fingerprint density at radius 2 is 1.92 bits per heavy atom. The molecule has 24 heavy (non-hydrogen) atoms. The Morgan fingerprint density at radius 1 is 1.17 bits per heavy atom. The number of carbonyl (C=O) groups is 2. The second-order valence-corrected chi connectivity index (χ2v) is 7.74. The molecule has 0 aliphatic carbocycles. The van der Waals surface area contributed by atoms with Crippen molar-refractivity contribution in [3.8, 4) is 0 Å². The Hall–Kier alpha value is -1.55. The quantitative estimate of drug-likeness (QED) is 0.826. The first-order valence-electron chi connectivity index (χ1n) is 8.96. The third-order valence-electron chi connectivity index (χ3n) is 5.92. The van der Waals surface area contributed by atoms with E-state index in [1.54, 1.807) is 0 Å². The second-order valence-electron chi connectivity index (χ2n) is 7.33. The lowest BCUT2D eigenvalue weighted by Crippen LogP contribution is -2.50. The van der Waals surface area contributed by atoms with Gasteiger partial charge in [0.05, 0.1) is 5.41 Å². The van der Waals surface area contributed by atoms with Gasteiger partial charge in [-0.2, -0.15) is 0 Å². The summed E-state index contributed by atoms with van der Waals surface area (Å²) in [6.07, 6.45) is 5.50. The molecule has 3 fully saturated rings. The zero-order valence-corrected chi connectivity index (χ0v) is 14.6. The molecule has 5 heteroatoms. The van der Waals surface area contributed by atoms with Crippen molar-refractivity contribution in [1.29, 1.82) is 0 Å². The van der Waals surface area contributed by atoms with Crippen molar-refractivity contribution in [2.45, 2.75) is 50.0 Å². The van der Waals surface area contributed by atoms with E-state index in [4.69, 9.17) is 11.6 Å². The van der Waals surface area contributed by atoms with Crippen LogP contribution in [-0.4, -0.2) is 47.3 Å². The number of halogens is 1. The highest BCUT2D eigenvalue weighted by Gasteiger charge is 2.55. The van der Waals surface area contributed by atoms with Crippen LogP contribution < -0.4 is 0 Å².